The minimum Gasteiger partial charge on any atom is -0.338 e. The van der Waals surface area contributed by atoms with Crippen LogP contribution in [0.5, 0.6) is 0 Å². The van der Waals surface area contributed by atoms with Gasteiger partial charge in [0.25, 0.3) is 5.91 Å². The summed E-state index contributed by atoms with van der Waals surface area (Å²) in [6, 6.07) is 3.63. The molecule has 1 aromatic rings. The van der Waals surface area contributed by atoms with Gasteiger partial charge in [0.2, 0.25) is 0 Å². The van der Waals surface area contributed by atoms with Crippen molar-refractivity contribution in [2.24, 2.45) is 4.99 Å². The van der Waals surface area contributed by atoms with Crippen LogP contribution in [0, 0.1) is 0 Å². The van der Waals surface area contributed by atoms with Gasteiger partial charge in [-0.1, -0.05) is 0 Å². The van der Waals surface area contributed by atoms with E-state index in [9.17, 15) is 4.79 Å². The first kappa shape index (κ1) is 5.41. The first-order chi connectivity index (χ1) is 4.88. The van der Waals surface area contributed by atoms with Gasteiger partial charge in [-0.3, -0.25) is 4.79 Å². The molecular weight excluding hydrogens is 128 g/mol. The van der Waals surface area contributed by atoms with Crippen LogP contribution in [0.15, 0.2) is 23.3 Å². The zero-order valence-corrected chi connectivity index (χ0v) is 5.32. The Kier molecular flexibility index (Phi) is 0.974. The van der Waals surface area contributed by atoms with Crippen molar-refractivity contribution in [1.29, 1.82) is 0 Å². The lowest BCUT2D eigenvalue weighted by molar-refractivity contribution is 0.0991. The van der Waals surface area contributed by atoms with Crippen LogP contribution in [0.4, 0.5) is 0 Å². The molecule has 0 atom stereocenters. The largest absolute Gasteiger partial charge is 0.338 e. The lowest BCUT2D eigenvalue weighted by atomic mass is 10.4. The Balaban J connectivity index is 2.58. The molecule has 0 radical (unpaired) electrons. The van der Waals surface area contributed by atoms with E-state index < -0.39 is 0 Å². The first-order valence-corrected chi connectivity index (χ1v) is 3.10. The van der Waals surface area contributed by atoms with Gasteiger partial charge >= 0.3 is 0 Å². The molecule has 0 aromatic carbocycles. The topological polar surface area (TPSA) is 34.4 Å². The number of fused-ring (bicyclic) bond motifs is 1. The molecule has 0 saturated heterocycles. The Hall–Kier alpha value is -1.38. The number of hydrogen-bond donors (Lipinski definition) is 0. The van der Waals surface area contributed by atoms with Gasteiger partial charge in [-0.05, 0) is 12.1 Å². The van der Waals surface area contributed by atoms with Crippen molar-refractivity contribution in [3.8, 4) is 0 Å². The van der Waals surface area contributed by atoms with Crippen LogP contribution < -0.4 is 0 Å². The molecule has 1 aliphatic heterocycles. The Morgan fingerprint density at radius 3 is 3.30 bits per heavy atom. The summed E-state index contributed by atoms with van der Waals surface area (Å²) >= 11 is 0. The van der Waals surface area contributed by atoms with Gasteiger partial charge in [0, 0.05) is 12.4 Å². The van der Waals surface area contributed by atoms with E-state index in [1.54, 1.807) is 12.3 Å². The summed E-state index contributed by atoms with van der Waals surface area (Å²) in [5.74, 6) is -0.142. The molecule has 0 bridgehead atoms. The Labute approximate surface area is 58.0 Å². The first-order valence-electron chi connectivity index (χ1n) is 3.10. The highest BCUT2D eigenvalue weighted by molar-refractivity contribution is 5.99. The lowest BCUT2D eigenvalue weighted by Crippen LogP contribution is -2.13. The third-order valence-corrected chi connectivity index (χ3v) is 1.54. The lowest BCUT2D eigenvalue weighted by Gasteiger charge is -2.05. The van der Waals surface area contributed by atoms with Gasteiger partial charge in [-0.2, -0.15) is 0 Å². The van der Waals surface area contributed by atoms with Crippen molar-refractivity contribution < 1.29 is 4.79 Å². The Morgan fingerprint density at radius 2 is 2.50 bits per heavy atom. The van der Waals surface area contributed by atoms with Crippen molar-refractivity contribution >= 4 is 12.1 Å². The molecule has 3 nitrogen and oxygen atoms in total. The minimum absolute atomic E-state index is 0.142. The van der Waals surface area contributed by atoms with E-state index in [1.807, 2.05) is 16.8 Å². The van der Waals surface area contributed by atoms with E-state index in [0.29, 0.717) is 12.2 Å². The number of aromatic nitrogens is 1. The molecule has 1 aliphatic rings. The SMILES string of the molecule is O=C1N=CCn2cccc21. The molecule has 0 N–H and O–H groups in total. The molecule has 2 heterocycles. The highest BCUT2D eigenvalue weighted by atomic mass is 16.1. The van der Waals surface area contributed by atoms with Crippen LogP contribution >= 0.6 is 0 Å². The van der Waals surface area contributed by atoms with Gasteiger partial charge in [0.1, 0.15) is 5.69 Å². The highest BCUT2D eigenvalue weighted by Crippen LogP contribution is 2.06. The average molecular weight is 134 g/mol. The molecule has 1 aromatic heterocycles. The second kappa shape index (κ2) is 1.80. The van der Waals surface area contributed by atoms with Crippen molar-refractivity contribution in [3.05, 3.63) is 24.0 Å². The van der Waals surface area contributed by atoms with Crippen LogP contribution in [0.3, 0.4) is 0 Å². The monoisotopic (exact) mass is 134 g/mol. The molecular formula is C7H6N2O. The predicted molar refractivity (Wildman–Crippen MR) is 37.3 cm³/mol. The van der Waals surface area contributed by atoms with Gasteiger partial charge < -0.3 is 4.57 Å². The molecule has 0 spiro atoms. The molecule has 1 amide bonds. The smallest absolute Gasteiger partial charge is 0.293 e. The van der Waals surface area contributed by atoms with Gasteiger partial charge in [-0.25, -0.2) is 4.99 Å². The van der Waals surface area contributed by atoms with Crippen LogP contribution in [0.1, 0.15) is 10.5 Å². The molecule has 10 heavy (non-hydrogen) atoms. The van der Waals surface area contributed by atoms with Crippen LogP contribution in [0.25, 0.3) is 0 Å². The normalized spacial score (nSPS) is 15.4. The van der Waals surface area contributed by atoms with E-state index >= 15 is 0 Å². The zero-order valence-electron chi connectivity index (χ0n) is 5.32. The maximum absolute atomic E-state index is 10.9. The van der Waals surface area contributed by atoms with Crippen molar-refractivity contribution in [3.63, 3.8) is 0 Å². The molecule has 0 aliphatic carbocycles. The van der Waals surface area contributed by atoms with Gasteiger partial charge in [0.05, 0.1) is 6.54 Å². The van der Waals surface area contributed by atoms with Gasteiger partial charge in [0.15, 0.2) is 0 Å². The van der Waals surface area contributed by atoms with E-state index in [2.05, 4.69) is 4.99 Å². The molecule has 0 saturated carbocycles. The van der Waals surface area contributed by atoms with E-state index in [-0.39, 0.29) is 5.91 Å². The Morgan fingerprint density at radius 1 is 1.60 bits per heavy atom. The molecule has 50 valence electrons. The van der Waals surface area contributed by atoms with E-state index in [0.717, 1.165) is 0 Å². The summed E-state index contributed by atoms with van der Waals surface area (Å²) in [5, 5.41) is 0. The summed E-state index contributed by atoms with van der Waals surface area (Å²) in [6.45, 7) is 0.716. The van der Waals surface area contributed by atoms with Gasteiger partial charge in [-0.15, -0.1) is 0 Å². The Bertz CT molecular complexity index is 298. The van der Waals surface area contributed by atoms with Crippen molar-refractivity contribution in [2.75, 3.05) is 0 Å². The number of carbonyl (C=O) groups is 1. The fourth-order valence-electron chi connectivity index (χ4n) is 1.05. The number of rotatable bonds is 0. The predicted octanol–water partition coefficient (Wildman–Crippen LogP) is 0.713. The second-order valence-electron chi connectivity index (χ2n) is 2.16. The number of hydrogen-bond acceptors (Lipinski definition) is 1. The fraction of sp³-hybridized carbons (Fsp3) is 0.143. The fourth-order valence-corrected chi connectivity index (χ4v) is 1.05. The highest BCUT2D eigenvalue weighted by Gasteiger charge is 2.11. The average Bonchev–Trinajstić information content (AvgIpc) is 2.36. The zero-order chi connectivity index (χ0) is 6.97. The third-order valence-electron chi connectivity index (χ3n) is 1.54. The number of amides is 1. The van der Waals surface area contributed by atoms with E-state index in [1.165, 1.54) is 0 Å². The number of nitrogens with zero attached hydrogens (tertiary/aromatic N) is 2. The summed E-state index contributed by atoms with van der Waals surface area (Å²) < 4.78 is 1.87. The molecule has 0 fully saturated rings. The molecule has 3 heteroatoms. The minimum atomic E-state index is -0.142. The third kappa shape index (κ3) is 0.603. The van der Waals surface area contributed by atoms with Crippen LogP contribution in [-0.4, -0.2) is 16.7 Å². The quantitative estimate of drug-likeness (QED) is 0.514. The van der Waals surface area contributed by atoms with Crippen molar-refractivity contribution in [1.82, 2.24) is 4.57 Å². The molecule has 0 unspecified atom stereocenters. The van der Waals surface area contributed by atoms with Crippen molar-refractivity contribution in [2.45, 2.75) is 6.54 Å². The van der Waals surface area contributed by atoms with Crippen LogP contribution in [0.2, 0.25) is 0 Å². The maximum atomic E-state index is 10.9. The second-order valence-corrected chi connectivity index (χ2v) is 2.16. The van der Waals surface area contributed by atoms with Crippen LogP contribution in [-0.2, 0) is 6.54 Å². The maximum Gasteiger partial charge on any atom is 0.293 e. The summed E-state index contributed by atoms with van der Waals surface area (Å²) in [6.07, 6.45) is 3.49. The number of aliphatic imine (C=N–C) groups is 1. The number of carbonyl (C=O) groups excluding carboxylic acids is 1. The molecule has 2 rings (SSSR count). The van der Waals surface area contributed by atoms with E-state index in [4.69, 9.17) is 0 Å². The summed E-state index contributed by atoms with van der Waals surface area (Å²) in [7, 11) is 0. The standard InChI is InChI=1S/C7H6N2O/c10-7-6-2-1-4-9(6)5-3-8-7/h1-4H,5H2. The summed E-state index contributed by atoms with van der Waals surface area (Å²) in [4.78, 5) is 14.6. The summed E-state index contributed by atoms with van der Waals surface area (Å²) in [5.41, 5.74) is 0.683.